The van der Waals surface area contributed by atoms with E-state index in [0.717, 1.165) is 12.1 Å². The molecule has 0 bridgehead atoms. The molecule has 2 heteroatoms. The minimum Gasteiger partial charge on any atom is -0.330 e. The molecule has 0 aliphatic carbocycles. The highest BCUT2D eigenvalue weighted by Crippen LogP contribution is 2.23. The quantitative estimate of drug-likeness (QED) is 0.874. The standard InChI is InChI=1S/C15H18N2/c1-11-8-12(2)10-14(9-11)15-13(5-6-16)4-3-7-17-15/h3-4,7-10H,5-6,16H2,1-2H3. The number of pyridine rings is 1. The van der Waals surface area contributed by atoms with Crippen LogP contribution in [-0.2, 0) is 6.42 Å². The Balaban J connectivity index is 2.51. The third-order valence-electron chi connectivity index (χ3n) is 2.80. The molecule has 1 aromatic heterocycles. The van der Waals surface area contributed by atoms with E-state index in [1.165, 1.54) is 22.3 Å². The lowest BCUT2D eigenvalue weighted by molar-refractivity contribution is 0.961. The maximum atomic E-state index is 5.64. The summed E-state index contributed by atoms with van der Waals surface area (Å²) in [6.07, 6.45) is 2.71. The SMILES string of the molecule is Cc1cc(C)cc(-c2ncccc2CCN)c1. The number of aromatic nitrogens is 1. The Bertz CT molecular complexity index is 498. The third kappa shape index (κ3) is 2.71. The average Bonchev–Trinajstić information content (AvgIpc) is 2.29. The maximum Gasteiger partial charge on any atom is 0.0734 e. The van der Waals surface area contributed by atoms with E-state index >= 15 is 0 Å². The zero-order chi connectivity index (χ0) is 12.3. The lowest BCUT2D eigenvalue weighted by atomic mass is 10.00. The number of rotatable bonds is 3. The van der Waals surface area contributed by atoms with Crippen molar-refractivity contribution < 1.29 is 0 Å². The Morgan fingerprint density at radius 1 is 1.12 bits per heavy atom. The Kier molecular flexibility index (Phi) is 3.55. The van der Waals surface area contributed by atoms with Crippen molar-refractivity contribution in [1.82, 2.24) is 4.98 Å². The first kappa shape index (κ1) is 11.8. The van der Waals surface area contributed by atoms with Gasteiger partial charge in [-0.15, -0.1) is 0 Å². The van der Waals surface area contributed by atoms with Crippen molar-refractivity contribution in [3.63, 3.8) is 0 Å². The van der Waals surface area contributed by atoms with Crippen LogP contribution in [0.4, 0.5) is 0 Å². The second-order valence-corrected chi connectivity index (χ2v) is 4.43. The van der Waals surface area contributed by atoms with Gasteiger partial charge in [0.2, 0.25) is 0 Å². The zero-order valence-electron chi connectivity index (χ0n) is 10.4. The van der Waals surface area contributed by atoms with Crippen LogP contribution in [-0.4, -0.2) is 11.5 Å². The van der Waals surface area contributed by atoms with Gasteiger partial charge in [0.05, 0.1) is 5.69 Å². The van der Waals surface area contributed by atoms with Crippen molar-refractivity contribution in [2.45, 2.75) is 20.3 Å². The van der Waals surface area contributed by atoms with E-state index in [2.05, 4.69) is 43.1 Å². The Labute approximate surface area is 103 Å². The molecule has 0 amide bonds. The summed E-state index contributed by atoms with van der Waals surface area (Å²) in [6.45, 7) is 4.88. The van der Waals surface area contributed by atoms with Gasteiger partial charge < -0.3 is 5.73 Å². The Morgan fingerprint density at radius 3 is 2.47 bits per heavy atom. The van der Waals surface area contributed by atoms with Crippen LogP contribution in [0.25, 0.3) is 11.3 Å². The molecule has 2 nitrogen and oxygen atoms in total. The molecule has 88 valence electrons. The van der Waals surface area contributed by atoms with Crippen molar-refractivity contribution in [2.24, 2.45) is 5.73 Å². The van der Waals surface area contributed by atoms with Gasteiger partial charge in [0.1, 0.15) is 0 Å². The molecule has 17 heavy (non-hydrogen) atoms. The predicted molar refractivity (Wildman–Crippen MR) is 71.9 cm³/mol. The predicted octanol–water partition coefficient (Wildman–Crippen LogP) is 2.87. The topological polar surface area (TPSA) is 38.9 Å². The maximum absolute atomic E-state index is 5.64. The molecule has 0 aliphatic heterocycles. The second kappa shape index (κ2) is 5.11. The number of hydrogen-bond acceptors (Lipinski definition) is 2. The first-order chi connectivity index (χ1) is 8.20. The molecule has 2 N–H and O–H groups in total. The van der Waals surface area contributed by atoms with E-state index in [1.54, 1.807) is 0 Å². The van der Waals surface area contributed by atoms with Gasteiger partial charge in [0.15, 0.2) is 0 Å². The van der Waals surface area contributed by atoms with Crippen LogP contribution >= 0.6 is 0 Å². The van der Waals surface area contributed by atoms with Gasteiger partial charge in [-0.1, -0.05) is 23.3 Å². The minimum atomic E-state index is 0.656. The zero-order valence-corrected chi connectivity index (χ0v) is 10.4. The van der Waals surface area contributed by atoms with Gasteiger partial charge in [-0.3, -0.25) is 4.98 Å². The first-order valence-corrected chi connectivity index (χ1v) is 5.93. The minimum absolute atomic E-state index is 0.656. The fourth-order valence-corrected chi connectivity index (χ4v) is 2.17. The summed E-state index contributed by atoms with van der Waals surface area (Å²) in [4.78, 5) is 4.49. The highest BCUT2D eigenvalue weighted by molar-refractivity contribution is 5.64. The van der Waals surface area contributed by atoms with Crippen molar-refractivity contribution >= 4 is 0 Å². The molecule has 1 aromatic carbocycles. The fraction of sp³-hybridized carbons (Fsp3) is 0.267. The molecule has 0 unspecified atom stereocenters. The van der Waals surface area contributed by atoms with Crippen LogP contribution in [0.1, 0.15) is 16.7 Å². The number of benzene rings is 1. The molecule has 2 rings (SSSR count). The number of nitrogens with zero attached hydrogens (tertiary/aromatic N) is 1. The van der Waals surface area contributed by atoms with Gasteiger partial charge >= 0.3 is 0 Å². The summed E-state index contributed by atoms with van der Waals surface area (Å²) < 4.78 is 0. The Morgan fingerprint density at radius 2 is 1.82 bits per heavy atom. The smallest absolute Gasteiger partial charge is 0.0734 e. The van der Waals surface area contributed by atoms with Crippen LogP contribution < -0.4 is 5.73 Å². The van der Waals surface area contributed by atoms with E-state index in [-0.39, 0.29) is 0 Å². The lowest BCUT2D eigenvalue weighted by Gasteiger charge is -2.09. The summed E-state index contributed by atoms with van der Waals surface area (Å²) in [7, 11) is 0. The van der Waals surface area contributed by atoms with Gasteiger partial charge in [0.25, 0.3) is 0 Å². The molecule has 1 heterocycles. The highest BCUT2D eigenvalue weighted by Gasteiger charge is 2.06. The molecule has 0 fully saturated rings. The van der Waals surface area contributed by atoms with E-state index in [1.807, 2.05) is 12.3 Å². The number of aryl methyl sites for hydroxylation is 2. The first-order valence-electron chi connectivity index (χ1n) is 5.93. The summed E-state index contributed by atoms with van der Waals surface area (Å²) in [5, 5.41) is 0. The van der Waals surface area contributed by atoms with Crippen LogP contribution in [0.15, 0.2) is 36.5 Å². The molecule has 0 radical (unpaired) electrons. The molecule has 0 atom stereocenters. The normalized spacial score (nSPS) is 10.5. The van der Waals surface area contributed by atoms with Crippen molar-refractivity contribution in [3.8, 4) is 11.3 Å². The molecule has 0 spiro atoms. The third-order valence-corrected chi connectivity index (χ3v) is 2.80. The monoisotopic (exact) mass is 226 g/mol. The molecular weight excluding hydrogens is 208 g/mol. The molecule has 0 saturated heterocycles. The van der Waals surface area contributed by atoms with Crippen molar-refractivity contribution in [2.75, 3.05) is 6.54 Å². The summed E-state index contributed by atoms with van der Waals surface area (Å²) >= 11 is 0. The highest BCUT2D eigenvalue weighted by atomic mass is 14.7. The summed E-state index contributed by atoms with van der Waals surface area (Å²) in [6, 6.07) is 10.6. The molecule has 0 saturated carbocycles. The van der Waals surface area contributed by atoms with Gasteiger partial charge in [0, 0.05) is 11.8 Å². The van der Waals surface area contributed by atoms with E-state index in [4.69, 9.17) is 5.73 Å². The van der Waals surface area contributed by atoms with E-state index < -0.39 is 0 Å². The van der Waals surface area contributed by atoms with Gasteiger partial charge in [-0.25, -0.2) is 0 Å². The van der Waals surface area contributed by atoms with Crippen LogP contribution in [0.5, 0.6) is 0 Å². The van der Waals surface area contributed by atoms with Gasteiger partial charge in [-0.2, -0.15) is 0 Å². The van der Waals surface area contributed by atoms with E-state index in [0.29, 0.717) is 6.54 Å². The molecular formula is C15H18N2. The van der Waals surface area contributed by atoms with E-state index in [9.17, 15) is 0 Å². The fourth-order valence-electron chi connectivity index (χ4n) is 2.17. The average molecular weight is 226 g/mol. The molecule has 2 aromatic rings. The number of nitrogens with two attached hydrogens (primary N) is 1. The van der Waals surface area contributed by atoms with Crippen molar-refractivity contribution in [3.05, 3.63) is 53.2 Å². The lowest BCUT2D eigenvalue weighted by Crippen LogP contribution is -2.04. The molecule has 0 aliphatic rings. The number of hydrogen-bond donors (Lipinski definition) is 1. The Hall–Kier alpha value is -1.67. The van der Waals surface area contributed by atoms with Crippen LogP contribution in [0.2, 0.25) is 0 Å². The second-order valence-electron chi connectivity index (χ2n) is 4.43. The van der Waals surface area contributed by atoms with Gasteiger partial charge in [-0.05, 0) is 50.6 Å². The largest absolute Gasteiger partial charge is 0.330 e. The summed E-state index contributed by atoms with van der Waals surface area (Å²) in [5.74, 6) is 0. The van der Waals surface area contributed by atoms with Crippen LogP contribution in [0.3, 0.4) is 0 Å². The van der Waals surface area contributed by atoms with Crippen molar-refractivity contribution in [1.29, 1.82) is 0 Å². The summed E-state index contributed by atoms with van der Waals surface area (Å²) in [5.41, 5.74) is 11.6. The van der Waals surface area contributed by atoms with Crippen LogP contribution in [0, 0.1) is 13.8 Å².